The third-order valence-electron chi connectivity index (χ3n) is 3.94. The Morgan fingerprint density at radius 1 is 1.15 bits per heavy atom. The number of hydrogen-bond donors (Lipinski definition) is 2. The summed E-state index contributed by atoms with van der Waals surface area (Å²) >= 11 is 0. The second-order valence-corrected chi connectivity index (χ2v) is 5.47. The summed E-state index contributed by atoms with van der Waals surface area (Å²) in [5, 5.41) is 6.72. The number of likely N-dealkylation sites (N-methyl/N-ethyl adjacent to an activating group) is 1. The molecule has 2 aromatic rings. The van der Waals surface area contributed by atoms with Gasteiger partial charge in [-0.15, -0.1) is 0 Å². The van der Waals surface area contributed by atoms with E-state index in [-0.39, 0.29) is 0 Å². The summed E-state index contributed by atoms with van der Waals surface area (Å²) in [5.41, 5.74) is 9.27. The van der Waals surface area contributed by atoms with Crippen LogP contribution < -0.4 is 5.73 Å². The van der Waals surface area contributed by atoms with E-state index in [1.165, 1.54) is 5.56 Å². The molecule has 0 amide bonds. The van der Waals surface area contributed by atoms with E-state index < -0.39 is 0 Å². The minimum Gasteiger partial charge on any atom is -0.384 e. The molecule has 20 heavy (non-hydrogen) atoms. The van der Waals surface area contributed by atoms with E-state index in [0.29, 0.717) is 5.82 Å². The Hall–Kier alpha value is -1.85. The summed E-state index contributed by atoms with van der Waals surface area (Å²) in [5.74, 6) is 0.622. The minimum absolute atomic E-state index is 0.622. The first kappa shape index (κ1) is 13.1. The molecule has 5 heteroatoms. The number of aromatic nitrogens is 2. The molecule has 0 aliphatic carbocycles. The zero-order valence-corrected chi connectivity index (χ0v) is 11.8. The van der Waals surface area contributed by atoms with Gasteiger partial charge in [0.15, 0.2) is 0 Å². The summed E-state index contributed by atoms with van der Waals surface area (Å²) < 4.78 is 0. The zero-order valence-electron chi connectivity index (χ0n) is 11.8. The van der Waals surface area contributed by atoms with E-state index in [0.717, 1.165) is 43.9 Å². The molecule has 1 aromatic heterocycles. The summed E-state index contributed by atoms with van der Waals surface area (Å²) in [6.45, 7) is 5.63. The fourth-order valence-electron chi connectivity index (χ4n) is 2.58. The lowest BCUT2D eigenvalue weighted by atomic mass is 10.1. The van der Waals surface area contributed by atoms with Crippen molar-refractivity contribution in [3.8, 4) is 11.1 Å². The summed E-state index contributed by atoms with van der Waals surface area (Å²) in [6, 6.07) is 8.60. The summed E-state index contributed by atoms with van der Waals surface area (Å²) in [4.78, 5) is 4.88. The Labute approximate surface area is 119 Å². The Bertz CT molecular complexity index is 552. The van der Waals surface area contributed by atoms with Gasteiger partial charge < -0.3 is 10.6 Å². The van der Waals surface area contributed by atoms with Gasteiger partial charge in [0.05, 0.1) is 6.20 Å². The highest BCUT2D eigenvalue weighted by molar-refractivity contribution is 5.72. The van der Waals surface area contributed by atoms with Crippen LogP contribution in [0.2, 0.25) is 0 Å². The van der Waals surface area contributed by atoms with Crippen LogP contribution in [0.15, 0.2) is 30.5 Å². The second-order valence-electron chi connectivity index (χ2n) is 5.47. The molecule has 0 radical (unpaired) electrons. The quantitative estimate of drug-likeness (QED) is 0.886. The number of aromatic amines is 1. The number of hydrogen-bond acceptors (Lipinski definition) is 4. The van der Waals surface area contributed by atoms with Gasteiger partial charge in [-0.3, -0.25) is 10.00 Å². The molecule has 0 spiro atoms. The van der Waals surface area contributed by atoms with Crippen LogP contribution in [0.5, 0.6) is 0 Å². The van der Waals surface area contributed by atoms with Crippen molar-refractivity contribution < 1.29 is 0 Å². The van der Waals surface area contributed by atoms with Crippen LogP contribution in [0.3, 0.4) is 0 Å². The fraction of sp³-hybridized carbons (Fsp3) is 0.400. The van der Waals surface area contributed by atoms with E-state index in [4.69, 9.17) is 5.73 Å². The maximum Gasteiger partial charge on any atom is 0.126 e. The minimum atomic E-state index is 0.622. The smallest absolute Gasteiger partial charge is 0.126 e. The van der Waals surface area contributed by atoms with E-state index in [9.17, 15) is 0 Å². The van der Waals surface area contributed by atoms with E-state index in [1.807, 2.05) is 0 Å². The van der Waals surface area contributed by atoms with Crippen molar-refractivity contribution in [1.29, 1.82) is 0 Å². The number of anilines is 1. The number of H-pyrrole nitrogens is 1. The van der Waals surface area contributed by atoms with Crippen LogP contribution in [0.4, 0.5) is 5.82 Å². The molecule has 0 saturated carbocycles. The van der Waals surface area contributed by atoms with Gasteiger partial charge in [-0.05, 0) is 18.2 Å². The lowest BCUT2D eigenvalue weighted by Crippen LogP contribution is -2.43. The molecular weight excluding hydrogens is 250 g/mol. The molecule has 3 N–H and O–H groups in total. The van der Waals surface area contributed by atoms with Gasteiger partial charge in [-0.25, -0.2) is 0 Å². The number of nitrogen functional groups attached to an aromatic ring is 1. The van der Waals surface area contributed by atoms with Crippen molar-refractivity contribution in [2.75, 3.05) is 39.0 Å². The van der Waals surface area contributed by atoms with E-state index in [1.54, 1.807) is 6.20 Å². The van der Waals surface area contributed by atoms with Gasteiger partial charge in [-0.2, -0.15) is 5.10 Å². The zero-order chi connectivity index (χ0) is 13.9. The number of nitrogens with zero attached hydrogens (tertiary/aromatic N) is 3. The van der Waals surface area contributed by atoms with Crippen molar-refractivity contribution >= 4 is 5.82 Å². The molecule has 0 unspecified atom stereocenters. The maximum absolute atomic E-state index is 5.84. The number of rotatable bonds is 3. The average Bonchev–Trinajstić information content (AvgIpc) is 2.89. The summed E-state index contributed by atoms with van der Waals surface area (Å²) in [7, 11) is 2.18. The number of nitrogens with one attached hydrogen (secondary N) is 1. The monoisotopic (exact) mass is 271 g/mol. The Balaban J connectivity index is 1.66. The maximum atomic E-state index is 5.84. The Kier molecular flexibility index (Phi) is 3.71. The van der Waals surface area contributed by atoms with Crippen LogP contribution in [-0.2, 0) is 6.54 Å². The molecule has 1 fully saturated rings. The highest BCUT2D eigenvalue weighted by Crippen LogP contribution is 2.24. The van der Waals surface area contributed by atoms with Gasteiger partial charge in [-0.1, -0.05) is 24.3 Å². The topological polar surface area (TPSA) is 61.2 Å². The van der Waals surface area contributed by atoms with Gasteiger partial charge >= 0.3 is 0 Å². The van der Waals surface area contributed by atoms with Gasteiger partial charge in [0, 0.05) is 38.3 Å². The van der Waals surface area contributed by atoms with Gasteiger partial charge in [0.1, 0.15) is 5.82 Å². The number of nitrogens with two attached hydrogens (primary N) is 1. The third-order valence-corrected chi connectivity index (χ3v) is 3.94. The van der Waals surface area contributed by atoms with Crippen LogP contribution in [0.1, 0.15) is 5.56 Å². The first-order chi connectivity index (χ1) is 9.72. The summed E-state index contributed by atoms with van der Waals surface area (Å²) in [6.07, 6.45) is 1.77. The largest absolute Gasteiger partial charge is 0.384 e. The predicted molar refractivity (Wildman–Crippen MR) is 81.2 cm³/mol. The highest BCUT2D eigenvalue weighted by Gasteiger charge is 2.13. The molecular formula is C15H21N5. The Morgan fingerprint density at radius 3 is 2.45 bits per heavy atom. The SMILES string of the molecule is CN1CCN(Cc2ccc(-c3cn[nH]c3N)cc2)CC1. The molecule has 1 saturated heterocycles. The van der Waals surface area contributed by atoms with Crippen molar-refractivity contribution in [1.82, 2.24) is 20.0 Å². The lowest BCUT2D eigenvalue weighted by Gasteiger charge is -2.32. The molecule has 0 bridgehead atoms. The first-order valence-corrected chi connectivity index (χ1v) is 7.01. The fourth-order valence-corrected chi connectivity index (χ4v) is 2.58. The van der Waals surface area contributed by atoms with Gasteiger partial charge in [0.25, 0.3) is 0 Å². The van der Waals surface area contributed by atoms with Crippen LogP contribution in [0, 0.1) is 0 Å². The van der Waals surface area contributed by atoms with Crippen molar-refractivity contribution in [2.45, 2.75) is 6.54 Å². The van der Waals surface area contributed by atoms with Crippen LogP contribution in [0.25, 0.3) is 11.1 Å². The first-order valence-electron chi connectivity index (χ1n) is 7.01. The molecule has 3 rings (SSSR count). The standard InChI is InChI=1S/C15H21N5/c1-19-6-8-20(9-7-19)11-12-2-4-13(5-3-12)14-10-17-18-15(14)16/h2-5,10H,6-9,11H2,1H3,(H3,16,17,18). The predicted octanol–water partition coefficient (Wildman–Crippen LogP) is 1.41. The molecule has 1 aliphatic rings. The number of benzene rings is 1. The van der Waals surface area contributed by atoms with Crippen molar-refractivity contribution in [3.05, 3.63) is 36.0 Å². The third kappa shape index (κ3) is 2.84. The highest BCUT2D eigenvalue weighted by atomic mass is 15.2. The second kappa shape index (κ2) is 5.64. The molecule has 1 aliphatic heterocycles. The molecule has 5 nitrogen and oxygen atoms in total. The van der Waals surface area contributed by atoms with Crippen molar-refractivity contribution in [2.24, 2.45) is 0 Å². The van der Waals surface area contributed by atoms with Gasteiger partial charge in [0.2, 0.25) is 0 Å². The van der Waals surface area contributed by atoms with Crippen LogP contribution >= 0.6 is 0 Å². The molecule has 2 heterocycles. The molecule has 0 atom stereocenters. The van der Waals surface area contributed by atoms with E-state index >= 15 is 0 Å². The molecule has 1 aromatic carbocycles. The normalized spacial score (nSPS) is 17.4. The van der Waals surface area contributed by atoms with Crippen LogP contribution in [-0.4, -0.2) is 53.2 Å². The average molecular weight is 271 g/mol. The molecule has 106 valence electrons. The van der Waals surface area contributed by atoms with Crippen molar-refractivity contribution in [3.63, 3.8) is 0 Å². The lowest BCUT2D eigenvalue weighted by molar-refractivity contribution is 0.148. The van der Waals surface area contributed by atoms with E-state index in [2.05, 4.69) is 51.3 Å². The Morgan fingerprint density at radius 2 is 1.85 bits per heavy atom. The number of piperazine rings is 1.